The van der Waals surface area contributed by atoms with E-state index in [-0.39, 0.29) is 107 Å². The summed E-state index contributed by atoms with van der Waals surface area (Å²) in [6.45, 7) is 0. The Morgan fingerprint density at radius 2 is 1.00 bits per heavy atom. The van der Waals surface area contributed by atoms with Gasteiger partial charge >= 0.3 is 102 Å². The molecule has 0 rings (SSSR count). The number of hydrogen-bond donors (Lipinski definition) is 0. The Morgan fingerprint density at radius 3 is 1.00 bits per heavy atom. The van der Waals surface area contributed by atoms with E-state index in [0.717, 1.165) is 0 Å². The van der Waals surface area contributed by atoms with Crippen LogP contribution in [0.4, 0.5) is 0 Å². The van der Waals surface area contributed by atoms with Crippen molar-refractivity contribution in [1.29, 1.82) is 0 Å². The van der Waals surface area contributed by atoms with E-state index in [2.05, 4.69) is 0 Å². The second-order valence-electron chi connectivity index (χ2n) is 0. The van der Waals surface area contributed by atoms with Crippen molar-refractivity contribution in [1.82, 2.24) is 0 Å². The topological polar surface area (TPSA) is 28.5 Å². The molecule has 0 fully saturated rings. The van der Waals surface area contributed by atoms with Gasteiger partial charge in [0.25, 0.3) is 0 Å². The monoisotopic (exact) mass is 349 g/mol. The van der Waals surface area contributed by atoms with Crippen molar-refractivity contribution in [2.75, 3.05) is 0 Å². The molecule has 0 aliphatic heterocycles. The van der Waals surface area contributed by atoms with Gasteiger partial charge in [-0.15, -0.1) is 0 Å². The molecule has 0 spiro atoms. The molecule has 0 aromatic carbocycles. The predicted molar refractivity (Wildman–Crippen MR) is 6.44 cm³/mol. The summed E-state index contributed by atoms with van der Waals surface area (Å²) >= 11 is 0. The maximum atomic E-state index is 0. The molecule has 0 N–H and O–H groups in total. The Balaban J connectivity index is 0. The summed E-state index contributed by atoms with van der Waals surface area (Å²) < 4.78 is 0. The van der Waals surface area contributed by atoms with Gasteiger partial charge < -0.3 is 5.48 Å². The Morgan fingerprint density at radius 1 is 1.00 bits per heavy atom. The Hall–Kier alpha value is 3.25. The average molecular weight is 348 g/mol. The maximum Gasteiger partial charge on any atom is 3.00 e. The van der Waals surface area contributed by atoms with Crippen LogP contribution in [0.15, 0.2) is 0 Å². The standard InChI is InChI=1S/Ba.Fe.La.O/q2*+2;+3;-2. The fourth-order valence-corrected chi connectivity index (χ4v) is 0. The molecule has 0 saturated heterocycles. The van der Waals surface area contributed by atoms with Crippen LogP contribution < -0.4 is 0 Å². The molecule has 1 nitrogen and oxygen atoms in total. The molecule has 14 valence electrons. The van der Waals surface area contributed by atoms with Crippen molar-refractivity contribution in [2.24, 2.45) is 0 Å². The molecule has 0 atom stereocenters. The molecule has 0 aliphatic carbocycles. The van der Waals surface area contributed by atoms with Crippen LogP contribution in [0.5, 0.6) is 0 Å². The zero-order chi connectivity index (χ0) is 0. The third-order valence-corrected chi connectivity index (χ3v) is 0. The second-order valence-corrected chi connectivity index (χ2v) is 0. The zero-order valence-electron chi connectivity index (χ0n) is 2.05. The molecule has 0 aromatic heterocycles. The fraction of sp³-hybridized carbons (Fsp3) is 0. The molecular formula is BaFeLaO+5. The Labute approximate surface area is 104 Å². The molecule has 0 radical (unpaired) electrons. The summed E-state index contributed by atoms with van der Waals surface area (Å²) in [7, 11) is 0. The molecule has 0 bridgehead atoms. The van der Waals surface area contributed by atoms with Crippen molar-refractivity contribution >= 4 is 48.9 Å². The number of rotatable bonds is 0. The van der Waals surface area contributed by atoms with Crippen molar-refractivity contribution in [3.8, 4) is 0 Å². The van der Waals surface area contributed by atoms with Gasteiger partial charge in [-0.2, -0.15) is 0 Å². The summed E-state index contributed by atoms with van der Waals surface area (Å²) in [6.07, 6.45) is 0. The maximum absolute atomic E-state index is 0. The molecule has 0 aromatic rings. The van der Waals surface area contributed by atoms with E-state index in [1.807, 2.05) is 0 Å². The van der Waals surface area contributed by atoms with Crippen LogP contribution in [0.2, 0.25) is 0 Å². The van der Waals surface area contributed by atoms with Gasteiger partial charge in [-0.1, -0.05) is 0 Å². The van der Waals surface area contributed by atoms with Crippen molar-refractivity contribution in [3.63, 3.8) is 0 Å². The van der Waals surface area contributed by atoms with Gasteiger partial charge in [0.05, 0.1) is 0 Å². The van der Waals surface area contributed by atoms with Crippen LogP contribution in [0.3, 0.4) is 0 Å². The quantitative estimate of drug-likeness (QED) is 0.528. The van der Waals surface area contributed by atoms with Gasteiger partial charge in [0.15, 0.2) is 0 Å². The molecule has 0 saturated carbocycles. The van der Waals surface area contributed by atoms with Gasteiger partial charge in [-0.25, -0.2) is 0 Å². The fourth-order valence-electron chi connectivity index (χ4n) is 0. The van der Waals surface area contributed by atoms with E-state index in [9.17, 15) is 0 Å². The van der Waals surface area contributed by atoms with Crippen LogP contribution in [-0.4, -0.2) is 48.9 Å². The Kier molecular flexibility index (Phi) is 109. The smallest absolute Gasteiger partial charge is 2.00 e. The van der Waals surface area contributed by atoms with E-state index in [1.165, 1.54) is 0 Å². The molecule has 0 heterocycles. The molecule has 0 amide bonds. The predicted octanol–water partition coefficient (Wildman–Crippen LogP) is -0.502. The third-order valence-electron chi connectivity index (χ3n) is 0. The molecule has 0 aliphatic rings. The number of hydrogen-bond acceptors (Lipinski definition) is 0. The van der Waals surface area contributed by atoms with Gasteiger partial charge in [0.1, 0.15) is 0 Å². The first kappa shape index (κ1) is 26.8. The summed E-state index contributed by atoms with van der Waals surface area (Å²) in [6, 6.07) is 0. The first-order valence-corrected chi connectivity index (χ1v) is 0. The first-order valence-electron chi connectivity index (χ1n) is 0. The van der Waals surface area contributed by atoms with E-state index in [1.54, 1.807) is 0 Å². The first-order chi connectivity index (χ1) is 0. The normalized spacial score (nSPS) is 0. The van der Waals surface area contributed by atoms with Crippen molar-refractivity contribution in [3.05, 3.63) is 0 Å². The van der Waals surface area contributed by atoms with Gasteiger partial charge in [-0.05, 0) is 0 Å². The van der Waals surface area contributed by atoms with E-state index >= 15 is 0 Å². The SMILES string of the molecule is [Ba+2].[Fe+2].[La+3].[O-2]. The van der Waals surface area contributed by atoms with Crippen LogP contribution in [0.1, 0.15) is 0 Å². The summed E-state index contributed by atoms with van der Waals surface area (Å²) in [5.74, 6) is 0. The van der Waals surface area contributed by atoms with Gasteiger partial charge in [0.2, 0.25) is 0 Å². The van der Waals surface area contributed by atoms with Crippen molar-refractivity contribution in [2.45, 2.75) is 0 Å². The van der Waals surface area contributed by atoms with Crippen LogP contribution in [0, 0.1) is 35.6 Å². The molecule has 4 heavy (non-hydrogen) atoms. The summed E-state index contributed by atoms with van der Waals surface area (Å²) in [5.41, 5.74) is 0. The molecule has 0 unspecified atom stereocenters. The largest absolute Gasteiger partial charge is 3.00 e. The van der Waals surface area contributed by atoms with Crippen molar-refractivity contribution < 1.29 is 58.1 Å². The van der Waals surface area contributed by atoms with E-state index < -0.39 is 0 Å². The minimum atomic E-state index is 0. The average Bonchev–Trinajstić information content (AvgIpc) is 0. The van der Waals surface area contributed by atoms with Crippen LogP contribution >= 0.6 is 0 Å². The Bertz CT molecular complexity index is 8.00. The van der Waals surface area contributed by atoms with E-state index in [4.69, 9.17) is 0 Å². The molecular weight excluding hydrogens is 348 g/mol. The van der Waals surface area contributed by atoms with Gasteiger partial charge in [-0.3, -0.25) is 0 Å². The summed E-state index contributed by atoms with van der Waals surface area (Å²) in [5, 5.41) is 0. The minimum absolute atomic E-state index is 0. The summed E-state index contributed by atoms with van der Waals surface area (Å²) in [4.78, 5) is 0. The minimum Gasteiger partial charge on any atom is -2.00 e. The van der Waals surface area contributed by atoms with Crippen LogP contribution in [0.25, 0.3) is 0 Å². The van der Waals surface area contributed by atoms with Crippen LogP contribution in [-0.2, 0) is 22.5 Å². The van der Waals surface area contributed by atoms with E-state index in [0.29, 0.717) is 0 Å². The van der Waals surface area contributed by atoms with Gasteiger partial charge in [0, 0.05) is 0 Å². The second kappa shape index (κ2) is 16.3. The third kappa shape index (κ3) is 8.98. The molecule has 4 heteroatoms. The zero-order valence-corrected chi connectivity index (χ0v) is 11.2.